The Morgan fingerprint density at radius 1 is 1.29 bits per heavy atom. The Morgan fingerprint density at radius 3 is 2.36 bits per heavy atom. The van der Waals surface area contributed by atoms with Crippen molar-refractivity contribution in [3.63, 3.8) is 0 Å². The maximum atomic E-state index is 9.38. The van der Waals surface area contributed by atoms with E-state index < -0.39 is 6.10 Å². The molecular formula is C11H16ClNO. The summed E-state index contributed by atoms with van der Waals surface area (Å²) >= 11 is 0. The number of aliphatic hydroxyl groups excluding tert-OH is 1. The molecule has 14 heavy (non-hydrogen) atoms. The van der Waals surface area contributed by atoms with Crippen LogP contribution >= 0.6 is 12.4 Å². The molecule has 0 fully saturated rings. The Bertz CT molecular complexity index is 272. The van der Waals surface area contributed by atoms with Crippen molar-refractivity contribution >= 4 is 18.5 Å². The topological polar surface area (TPSA) is 46.2 Å². The van der Waals surface area contributed by atoms with Gasteiger partial charge in [0.25, 0.3) is 0 Å². The van der Waals surface area contributed by atoms with Crippen LogP contribution in [0.3, 0.4) is 0 Å². The molecule has 0 spiro atoms. The number of halogens is 1. The zero-order valence-corrected chi connectivity index (χ0v) is 8.95. The molecule has 0 bridgehead atoms. The van der Waals surface area contributed by atoms with Crippen LogP contribution in [0.5, 0.6) is 0 Å². The fraction of sp³-hybridized carbons (Fsp3) is 0.273. The highest BCUT2D eigenvalue weighted by molar-refractivity contribution is 5.85. The van der Waals surface area contributed by atoms with E-state index in [-0.39, 0.29) is 18.4 Å². The number of benzene rings is 1. The predicted molar refractivity (Wildman–Crippen MR) is 62.4 cm³/mol. The second kappa shape index (κ2) is 6.60. The summed E-state index contributed by atoms with van der Waals surface area (Å²) in [6, 6.07) is 9.60. The summed E-state index contributed by atoms with van der Waals surface area (Å²) < 4.78 is 0. The molecule has 0 aromatic heterocycles. The Balaban J connectivity index is 0.00000169. The molecule has 0 aliphatic rings. The second-order valence-corrected chi connectivity index (χ2v) is 3.12. The summed E-state index contributed by atoms with van der Waals surface area (Å²) in [5, 5.41) is 9.38. The molecule has 0 heterocycles. The van der Waals surface area contributed by atoms with Gasteiger partial charge in [-0.3, -0.25) is 0 Å². The van der Waals surface area contributed by atoms with E-state index in [0.717, 1.165) is 5.56 Å². The monoisotopic (exact) mass is 213 g/mol. The Labute approximate surface area is 90.9 Å². The molecule has 2 atom stereocenters. The van der Waals surface area contributed by atoms with Crippen LogP contribution in [0.4, 0.5) is 0 Å². The van der Waals surface area contributed by atoms with Gasteiger partial charge in [-0.05, 0) is 12.5 Å². The van der Waals surface area contributed by atoms with Crippen molar-refractivity contribution in [2.24, 2.45) is 5.73 Å². The molecule has 2 nitrogen and oxygen atoms in total. The maximum Gasteiger partial charge on any atom is 0.0872 e. The second-order valence-electron chi connectivity index (χ2n) is 3.12. The van der Waals surface area contributed by atoms with Gasteiger partial charge in [-0.15, -0.1) is 12.4 Å². The molecule has 1 aromatic rings. The van der Waals surface area contributed by atoms with E-state index in [1.165, 1.54) is 0 Å². The molecule has 0 aliphatic heterocycles. The summed E-state index contributed by atoms with van der Waals surface area (Å²) in [7, 11) is 0. The largest absolute Gasteiger partial charge is 0.387 e. The van der Waals surface area contributed by atoms with Gasteiger partial charge < -0.3 is 10.8 Å². The van der Waals surface area contributed by atoms with Gasteiger partial charge in [0.05, 0.1) is 6.10 Å². The molecule has 0 saturated carbocycles. The van der Waals surface area contributed by atoms with Crippen molar-refractivity contribution < 1.29 is 5.11 Å². The Kier molecular flexibility index (Phi) is 6.21. The number of hydrogen-bond acceptors (Lipinski definition) is 2. The molecule has 1 rings (SSSR count). The van der Waals surface area contributed by atoms with E-state index in [1.54, 1.807) is 13.0 Å². The van der Waals surface area contributed by atoms with E-state index in [1.807, 2.05) is 36.4 Å². The normalized spacial score (nSPS) is 14.8. The summed E-state index contributed by atoms with van der Waals surface area (Å²) in [4.78, 5) is 0. The van der Waals surface area contributed by atoms with Crippen LogP contribution in [-0.2, 0) is 0 Å². The van der Waals surface area contributed by atoms with Gasteiger partial charge >= 0.3 is 0 Å². The van der Waals surface area contributed by atoms with Crippen molar-refractivity contribution in [3.05, 3.63) is 42.0 Å². The average Bonchev–Trinajstić information content (AvgIpc) is 2.15. The lowest BCUT2D eigenvalue weighted by molar-refractivity contribution is 0.199. The van der Waals surface area contributed by atoms with Gasteiger partial charge in [0, 0.05) is 6.04 Å². The van der Waals surface area contributed by atoms with Crippen molar-refractivity contribution in [2.45, 2.75) is 19.1 Å². The summed E-state index contributed by atoms with van der Waals surface area (Å²) in [6.45, 7) is 1.78. The Morgan fingerprint density at radius 2 is 1.86 bits per heavy atom. The highest BCUT2D eigenvalue weighted by Crippen LogP contribution is 2.02. The lowest BCUT2D eigenvalue weighted by Crippen LogP contribution is -2.29. The third-order valence-electron chi connectivity index (χ3n) is 1.82. The molecule has 3 heteroatoms. The predicted octanol–water partition coefficient (Wildman–Crippen LogP) is 1.83. The molecule has 78 valence electrons. The first kappa shape index (κ1) is 13.2. The number of nitrogens with two attached hydrogens (primary N) is 1. The third kappa shape index (κ3) is 4.42. The number of aliphatic hydroxyl groups is 1. The van der Waals surface area contributed by atoms with Gasteiger partial charge in [0.1, 0.15) is 0 Å². The van der Waals surface area contributed by atoms with E-state index in [4.69, 9.17) is 5.73 Å². The Hall–Kier alpha value is -0.830. The minimum absolute atomic E-state index is 0. The maximum absolute atomic E-state index is 9.38. The molecule has 0 amide bonds. The van der Waals surface area contributed by atoms with Gasteiger partial charge in [0.15, 0.2) is 0 Å². The van der Waals surface area contributed by atoms with Crippen molar-refractivity contribution in [3.8, 4) is 0 Å². The summed E-state index contributed by atoms with van der Waals surface area (Å²) in [5.41, 5.74) is 6.57. The fourth-order valence-corrected chi connectivity index (χ4v) is 0.949. The van der Waals surface area contributed by atoms with E-state index in [2.05, 4.69) is 0 Å². The smallest absolute Gasteiger partial charge is 0.0872 e. The zero-order valence-electron chi connectivity index (χ0n) is 8.13. The number of hydrogen-bond donors (Lipinski definition) is 2. The molecule has 1 unspecified atom stereocenters. The highest BCUT2D eigenvalue weighted by Gasteiger charge is 2.03. The quantitative estimate of drug-likeness (QED) is 0.805. The summed E-state index contributed by atoms with van der Waals surface area (Å²) in [6.07, 6.45) is 3.01. The van der Waals surface area contributed by atoms with Crippen LogP contribution in [0.2, 0.25) is 0 Å². The SMILES string of the molecule is C[C@H](N)C(O)/C=C/c1ccccc1.Cl. The first-order chi connectivity index (χ1) is 6.20. The van der Waals surface area contributed by atoms with Gasteiger partial charge in [-0.1, -0.05) is 42.5 Å². The van der Waals surface area contributed by atoms with Crippen molar-refractivity contribution in [1.82, 2.24) is 0 Å². The van der Waals surface area contributed by atoms with Crippen LogP contribution in [-0.4, -0.2) is 17.3 Å². The van der Waals surface area contributed by atoms with Gasteiger partial charge in [-0.2, -0.15) is 0 Å². The first-order valence-corrected chi connectivity index (χ1v) is 4.37. The fourth-order valence-electron chi connectivity index (χ4n) is 0.949. The summed E-state index contributed by atoms with van der Waals surface area (Å²) in [5.74, 6) is 0. The van der Waals surface area contributed by atoms with E-state index in [0.29, 0.717) is 0 Å². The lowest BCUT2D eigenvalue weighted by atomic mass is 10.1. The minimum Gasteiger partial charge on any atom is -0.387 e. The van der Waals surface area contributed by atoms with Gasteiger partial charge in [-0.25, -0.2) is 0 Å². The van der Waals surface area contributed by atoms with Crippen molar-refractivity contribution in [2.75, 3.05) is 0 Å². The van der Waals surface area contributed by atoms with E-state index >= 15 is 0 Å². The van der Waals surface area contributed by atoms with Crippen LogP contribution in [0.1, 0.15) is 12.5 Å². The van der Waals surface area contributed by atoms with Crippen molar-refractivity contribution in [1.29, 1.82) is 0 Å². The van der Waals surface area contributed by atoms with Crippen LogP contribution in [0.25, 0.3) is 6.08 Å². The first-order valence-electron chi connectivity index (χ1n) is 4.37. The van der Waals surface area contributed by atoms with Crippen LogP contribution in [0.15, 0.2) is 36.4 Å². The van der Waals surface area contributed by atoms with Gasteiger partial charge in [0.2, 0.25) is 0 Å². The molecule has 0 aliphatic carbocycles. The molecule has 1 aromatic carbocycles. The number of rotatable bonds is 3. The average molecular weight is 214 g/mol. The molecular weight excluding hydrogens is 198 g/mol. The van der Waals surface area contributed by atoms with Crippen LogP contribution < -0.4 is 5.73 Å². The van der Waals surface area contributed by atoms with Crippen LogP contribution in [0, 0.1) is 0 Å². The standard InChI is InChI=1S/C11H15NO.ClH/c1-9(12)11(13)8-7-10-5-3-2-4-6-10;/h2-9,11,13H,12H2,1H3;1H/b8-7+;/t9-,11?;/m0./s1. The molecule has 3 N–H and O–H groups in total. The highest BCUT2D eigenvalue weighted by atomic mass is 35.5. The minimum atomic E-state index is -0.569. The zero-order chi connectivity index (χ0) is 9.68. The molecule has 0 saturated heterocycles. The third-order valence-corrected chi connectivity index (χ3v) is 1.82. The van der Waals surface area contributed by atoms with E-state index in [9.17, 15) is 5.11 Å². The molecule has 0 radical (unpaired) electrons. The lowest BCUT2D eigenvalue weighted by Gasteiger charge is -2.08.